The molecule has 1 aliphatic rings. The number of benzene rings is 1. The molecule has 1 N–H and O–H groups in total. The highest BCUT2D eigenvalue weighted by Crippen LogP contribution is 2.35. The van der Waals surface area contributed by atoms with Gasteiger partial charge < -0.3 is 5.32 Å². The van der Waals surface area contributed by atoms with Gasteiger partial charge in [0.25, 0.3) is 0 Å². The topological polar surface area (TPSA) is 15.3 Å². The average Bonchev–Trinajstić information content (AvgIpc) is 2.41. The predicted octanol–water partition coefficient (Wildman–Crippen LogP) is 4.02. The second kappa shape index (κ2) is 7.63. The largest absolute Gasteiger partial charge is 0.416 e. The van der Waals surface area contributed by atoms with Gasteiger partial charge in [-0.2, -0.15) is 13.2 Å². The van der Waals surface area contributed by atoms with Crippen molar-refractivity contribution in [2.24, 2.45) is 0 Å². The molecule has 2 rings (SSSR count). The number of hydrogen-bond donors (Lipinski definition) is 1. The number of nitrogens with zero attached hydrogens (tertiary/aromatic N) is 1. The summed E-state index contributed by atoms with van der Waals surface area (Å²) in [6.07, 6.45) is -2.63. The van der Waals surface area contributed by atoms with Crippen LogP contribution >= 0.6 is 28.3 Å². The number of nitrogens with one attached hydrogen (secondary N) is 1. The first-order valence-electron chi connectivity index (χ1n) is 6.37. The van der Waals surface area contributed by atoms with Crippen LogP contribution in [0.5, 0.6) is 0 Å². The van der Waals surface area contributed by atoms with E-state index in [1.165, 1.54) is 12.1 Å². The highest BCUT2D eigenvalue weighted by atomic mass is 79.9. The molecular formula is C14H17BrClF3N2. The van der Waals surface area contributed by atoms with Crippen LogP contribution in [-0.2, 0) is 6.18 Å². The van der Waals surface area contributed by atoms with Crippen molar-refractivity contribution in [1.82, 2.24) is 10.2 Å². The number of piperazine rings is 1. The normalized spacial score (nSPS) is 17.9. The summed E-state index contributed by atoms with van der Waals surface area (Å²) in [5, 5.41) is 3.23. The van der Waals surface area contributed by atoms with Crippen LogP contribution in [0.15, 0.2) is 35.3 Å². The zero-order valence-corrected chi connectivity index (χ0v) is 13.7. The fourth-order valence-electron chi connectivity index (χ4n) is 2.38. The van der Waals surface area contributed by atoms with Crippen molar-refractivity contribution in [3.05, 3.63) is 46.5 Å². The Kier molecular flexibility index (Phi) is 6.71. The van der Waals surface area contributed by atoms with Crippen molar-refractivity contribution in [1.29, 1.82) is 0 Å². The van der Waals surface area contributed by atoms with E-state index in [0.717, 1.165) is 32.2 Å². The van der Waals surface area contributed by atoms with Crippen molar-refractivity contribution in [3.8, 4) is 0 Å². The highest BCUT2D eigenvalue weighted by molar-refractivity contribution is 9.10. The Morgan fingerprint density at radius 2 is 1.90 bits per heavy atom. The Labute approximate surface area is 136 Å². The molecule has 1 aromatic rings. The standard InChI is InChI=1S/C14H16BrF3N2.ClH/c1-2-13(20-7-5-19-6-8-20)11-9-10(14(16,17)18)3-4-12(11)15;/h2-4,9,13,19H,1,5-8H2;1H/t13-;/m0./s1. The van der Waals surface area contributed by atoms with Crippen LogP contribution in [0, 0.1) is 0 Å². The van der Waals surface area contributed by atoms with Crippen LogP contribution in [-0.4, -0.2) is 31.1 Å². The summed E-state index contributed by atoms with van der Waals surface area (Å²) in [6.45, 7) is 7.03. The Morgan fingerprint density at radius 1 is 1.29 bits per heavy atom. The minimum Gasteiger partial charge on any atom is -0.314 e. The van der Waals surface area contributed by atoms with E-state index >= 15 is 0 Å². The van der Waals surface area contributed by atoms with E-state index in [0.29, 0.717) is 10.0 Å². The summed E-state index contributed by atoms with van der Waals surface area (Å²) >= 11 is 3.35. The maximum Gasteiger partial charge on any atom is 0.416 e. The first kappa shape index (κ1) is 18.5. The van der Waals surface area contributed by atoms with E-state index in [1.807, 2.05) is 0 Å². The van der Waals surface area contributed by atoms with E-state index in [1.54, 1.807) is 6.08 Å². The Hall–Kier alpha value is -0.560. The smallest absolute Gasteiger partial charge is 0.314 e. The fraction of sp³-hybridized carbons (Fsp3) is 0.429. The Balaban J connectivity index is 0.00000220. The third-order valence-corrected chi connectivity index (χ3v) is 4.13. The molecule has 1 aromatic carbocycles. The van der Waals surface area contributed by atoms with Crippen LogP contribution < -0.4 is 5.32 Å². The van der Waals surface area contributed by atoms with Gasteiger partial charge in [0, 0.05) is 30.7 Å². The highest BCUT2D eigenvalue weighted by Gasteiger charge is 2.32. The lowest BCUT2D eigenvalue weighted by molar-refractivity contribution is -0.137. The van der Waals surface area contributed by atoms with Crippen molar-refractivity contribution in [2.45, 2.75) is 12.2 Å². The molecule has 2 nitrogen and oxygen atoms in total. The first-order valence-corrected chi connectivity index (χ1v) is 7.16. The molecule has 0 spiro atoms. The molecule has 1 fully saturated rings. The van der Waals surface area contributed by atoms with Gasteiger partial charge in [-0.15, -0.1) is 19.0 Å². The molecule has 1 aliphatic heterocycles. The summed E-state index contributed by atoms with van der Waals surface area (Å²) in [5.74, 6) is 0. The Morgan fingerprint density at radius 3 is 2.43 bits per heavy atom. The van der Waals surface area contributed by atoms with Gasteiger partial charge in [-0.25, -0.2) is 0 Å². The zero-order chi connectivity index (χ0) is 14.8. The lowest BCUT2D eigenvalue weighted by Gasteiger charge is -2.34. The number of hydrogen-bond acceptors (Lipinski definition) is 2. The molecule has 0 radical (unpaired) electrons. The molecule has 0 amide bonds. The van der Waals surface area contributed by atoms with E-state index in [9.17, 15) is 13.2 Å². The van der Waals surface area contributed by atoms with Gasteiger partial charge in [-0.1, -0.05) is 22.0 Å². The minimum atomic E-state index is -4.33. The number of rotatable bonds is 3. The third-order valence-electron chi connectivity index (χ3n) is 3.41. The molecule has 1 saturated heterocycles. The maximum atomic E-state index is 12.8. The quantitative estimate of drug-likeness (QED) is 0.791. The van der Waals surface area contributed by atoms with Crippen molar-refractivity contribution in [3.63, 3.8) is 0 Å². The van der Waals surface area contributed by atoms with Gasteiger partial charge in [0.1, 0.15) is 0 Å². The van der Waals surface area contributed by atoms with Crippen molar-refractivity contribution >= 4 is 28.3 Å². The molecule has 0 aromatic heterocycles. The minimum absolute atomic E-state index is 0. The SMILES string of the molecule is C=C[C@@H](c1cc(C(F)(F)F)ccc1Br)N1CCNCC1.Cl. The average molecular weight is 386 g/mol. The van der Waals surface area contributed by atoms with Crippen LogP contribution in [0.4, 0.5) is 13.2 Å². The molecule has 1 heterocycles. The molecule has 0 aliphatic carbocycles. The lowest BCUT2D eigenvalue weighted by Crippen LogP contribution is -2.44. The second-order valence-electron chi connectivity index (χ2n) is 4.70. The van der Waals surface area contributed by atoms with Gasteiger partial charge in [0.05, 0.1) is 11.6 Å². The molecule has 118 valence electrons. The molecule has 7 heteroatoms. The molecule has 21 heavy (non-hydrogen) atoms. The molecule has 0 unspecified atom stereocenters. The van der Waals surface area contributed by atoms with Crippen LogP contribution in [0.2, 0.25) is 0 Å². The molecule has 0 bridgehead atoms. The summed E-state index contributed by atoms with van der Waals surface area (Å²) in [7, 11) is 0. The summed E-state index contributed by atoms with van der Waals surface area (Å²) in [6, 6.07) is 3.54. The van der Waals surface area contributed by atoms with Crippen LogP contribution in [0.1, 0.15) is 17.2 Å². The third kappa shape index (κ3) is 4.45. The molecule has 1 atom stereocenters. The zero-order valence-electron chi connectivity index (χ0n) is 11.3. The maximum absolute atomic E-state index is 12.8. The van der Waals surface area contributed by atoms with E-state index < -0.39 is 11.7 Å². The van der Waals surface area contributed by atoms with Crippen molar-refractivity contribution in [2.75, 3.05) is 26.2 Å². The summed E-state index contributed by atoms with van der Waals surface area (Å²) in [5.41, 5.74) is -0.0191. The van der Waals surface area contributed by atoms with Crippen LogP contribution in [0.3, 0.4) is 0 Å². The van der Waals surface area contributed by atoms with Crippen LogP contribution in [0.25, 0.3) is 0 Å². The van der Waals surface area contributed by atoms with E-state index in [4.69, 9.17) is 0 Å². The van der Waals surface area contributed by atoms with Gasteiger partial charge in [0.15, 0.2) is 0 Å². The van der Waals surface area contributed by atoms with Gasteiger partial charge in [-0.3, -0.25) is 4.90 Å². The summed E-state index contributed by atoms with van der Waals surface area (Å²) in [4.78, 5) is 2.13. The predicted molar refractivity (Wildman–Crippen MR) is 83.8 cm³/mol. The monoisotopic (exact) mass is 384 g/mol. The number of alkyl halides is 3. The van der Waals surface area contributed by atoms with E-state index in [-0.39, 0.29) is 18.4 Å². The number of halogens is 5. The lowest BCUT2D eigenvalue weighted by atomic mass is 10.0. The fourth-order valence-corrected chi connectivity index (χ4v) is 2.86. The molecule has 0 saturated carbocycles. The van der Waals surface area contributed by atoms with Crippen molar-refractivity contribution < 1.29 is 13.2 Å². The Bertz CT molecular complexity index is 488. The van der Waals surface area contributed by atoms with Gasteiger partial charge in [0.2, 0.25) is 0 Å². The van der Waals surface area contributed by atoms with Gasteiger partial charge in [-0.05, 0) is 23.8 Å². The summed E-state index contributed by atoms with van der Waals surface area (Å²) < 4.78 is 39.2. The molecular weight excluding hydrogens is 369 g/mol. The second-order valence-corrected chi connectivity index (χ2v) is 5.55. The van der Waals surface area contributed by atoms with Gasteiger partial charge >= 0.3 is 6.18 Å². The first-order chi connectivity index (χ1) is 9.43. The van der Waals surface area contributed by atoms with E-state index in [2.05, 4.69) is 32.7 Å².